The van der Waals surface area contributed by atoms with Gasteiger partial charge in [-0.3, -0.25) is 19.6 Å². The molecule has 0 atom stereocenters. The molecule has 0 aliphatic heterocycles. The highest BCUT2D eigenvalue weighted by Crippen LogP contribution is 2.15. The molecule has 3 rings (SSSR count). The van der Waals surface area contributed by atoms with Gasteiger partial charge in [-0.25, -0.2) is 0 Å². The number of nitrogens with one attached hydrogen (secondary N) is 2. The van der Waals surface area contributed by atoms with E-state index in [1.54, 1.807) is 18.5 Å². The number of aryl methyl sites for hydroxylation is 2. The summed E-state index contributed by atoms with van der Waals surface area (Å²) in [6.45, 7) is 4.38. The van der Waals surface area contributed by atoms with Crippen molar-refractivity contribution in [2.24, 2.45) is 0 Å². The Morgan fingerprint density at radius 1 is 0.889 bits per heavy atom. The van der Waals surface area contributed by atoms with Crippen LogP contribution in [0.1, 0.15) is 37.5 Å². The zero-order valence-electron chi connectivity index (χ0n) is 15.2. The maximum atomic E-state index is 12.5. The van der Waals surface area contributed by atoms with Gasteiger partial charge >= 0.3 is 0 Å². The summed E-state index contributed by atoms with van der Waals surface area (Å²) in [5, 5.41) is 5.63. The lowest BCUT2D eigenvalue weighted by atomic mass is 10.1. The monoisotopic (exact) mass is 360 g/mol. The maximum absolute atomic E-state index is 12.5. The van der Waals surface area contributed by atoms with E-state index in [0.717, 1.165) is 16.7 Å². The summed E-state index contributed by atoms with van der Waals surface area (Å²) in [5.74, 6) is -0.628. The number of carbonyl (C=O) groups excluding carboxylic acids is 2. The van der Waals surface area contributed by atoms with Crippen LogP contribution in [0.2, 0.25) is 0 Å². The van der Waals surface area contributed by atoms with E-state index in [9.17, 15) is 9.59 Å². The molecule has 0 aliphatic carbocycles. The van der Waals surface area contributed by atoms with Crippen molar-refractivity contribution in [1.29, 1.82) is 0 Å². The van der Waals surface area contributed by atoms with Gasteiger partial charge in [-0.05, 0) is 66.9 Å². The fourth-order valence-corrected chi connectivity index (χ4v) is 2.50. The number of benzene rings is 1. The third kappa shape index (κ3) is 4.76. The lowest BCUT2D eigenvalue weighted by Gasteiger charge is -2.09. The molecule has 6 heteroatoms. The molecule has 2 heterocycles. The first-order chi connectivity index (χ1) is 13.0. The smallest absolute Gasteiger partial charge is 0.274 e. The van der Waals surface area contributed by atoms with Crippen LogP contribution in [0.3, 0.4) is 0 Å². The predicted octanol–water partition coefficient (Wildman–Crippen LogP) is 3.28. The highest BCUT2D eigenvalue weighted by Gasteiger charge is 2.12. The van der Waals surface area contributed by atoms with Crippen LogP contribution in [0.5, 0.6) is 0 Å². The van der Waals surface area contributed by atoms with E-state index in [-0.39, 0.29) is 17.5 Å². The Morgan fingerprint density at radius 2 is 1.67 bits per heavy atom. The fourth-order valence-electron chi connectivity index (χ4n) is 2.50. The molecule has 27 heavy (non-hydrogen) atoms. The molecule has 136 valence electrons. The summed E-state index contributed by atoms with van der Waals surface area (Å²) in [7, 11) is 0. The Labute approximate surface area is 157 Å². The zero-order valence-corrected chi connectivity index (χ0v) is 15.2. The van der Waals surface area contributed by atoms with Crippen molar-refractivity contribution < 1.29 is 9.59 Å². The van der Waals surface area contributed by atoms with Gasteiger partial charge in [0, 0.05) is 36.4 Å². The van der Waals surface area contributed by atoms with Crippen LogP contribution >= 0.6 is 0 Å². The summed E-state index contributed by atoms with van der Waals surface area (Å²) < 4.78 is 0. The molecule has 0 saturated carbocycles. The minimum Gasteiger partial charge on any atom is -0.348 e. The first-order valence-electron chi connectivity index (χ1n) is 8.54. The molecule has 0 fully saturated rings. The predicted molar refractivity (Wildman–Crippen MR) is 104 cm³/mol. The second-order valence-electron chi connectivity index (χ2n) is 6.22. The van der Waals surface area contributed by atoms with Crippen LogP contribution in [0.25, 0.3) is 0 Å². The fraction of sp³-hybridized carbons (Fsp3) is 0.143. The van der Waals surface area contributed by atoms with Gasteiger partial charge in [0.15, 0.2) is 0 Å². The van der Waals surface area contributed by atoms with E-state index >= 15 is 0 Å². The second-order valence-corrected chi connectivity index (χ2v) is 6.22. The number of hydrogen-bond acceptors (Lipinski definition) is 4. The van der Waals surface area contributed by atoms with Gasteiger partial charge in [-0.2, -0.15) is 0 Å². The molecule has 2 amide bonds. The normalized spacial score (nSPS) is 10.3. The Morgan fingerprint density at radius 3 is 2.41 bits per heavy atom. The molecule has 6 nitrogen and oxygen atoms in total. The van der Waals surface area contributed by atoms with Crippen molar-refractivity contribution in [3.05, 3.63) is 89.0 Å². The van der Waals surface area contributed by atoms with Crippen molar-refractivity contribution in [3.8, 4) is 0 Å². The molecule has 2 aromatic heterocycles. The molecule has 2 N–H and O–H groups in total. The van der Waals surface area contributed by atoms with Gasteiger partial charge in [0.25, 0.3) is 11.8 Å². The van der Waals surface area contributed by atoms with Crippen molar-refractivity contribution >= 4 is 17.5 Å². The van der Waals surface area contributed by atoms with E-state index in [4.69, 9.17) is 0 Å². The number of anilines is 1. The Kier molecular flexibility index (Phi) is 5.56. The third-order valence-corrected chi connectivity index (χ3v) is 4.22. The van der Waals surface area contributed by atoms with Crippen molar-refractivity contribution in [3.63, 3.8) is 0 Å². The van der Waals surface area contributed by atoms with Gasteiger partial charge in [0.1, 0.15) is 5.69 Å². The van der Waals surface area contributed by atoms with E-state index in [1.807, 2.05) is 44.2 Å². The van der Waals surface area contributed by atoms with Gasteiger partial charge in [0.2, 0.25) is 0 Å². The standard InChI is InChI=1S/C21H20N4O2/c1-14-3-4-18(11-15(14)2)25-21(27)19-12-17(7-10-23-19)20(26)24-13-16-5-8-22-9-6-16/h3-12H,13H2,1-2H3,(H,24,26)(H,25,27). The van der Waals surface area contributed by atoms with Crippen LogP contribution in [-0.4, -0.2) is 21.8 Å². The average Bonchev–Trinajstić information content (AvgIpc) is 2.70. The highest BCUT2D eigenvalue weighted by atomic mass is 16.2. The minimum atomic E-state index is -0.359. The Bertz CT molecular complexity index is 971. The molecule has 0 bridgehead atoms. The number of pyridine rings is 2. The highest BCUT2D eigenvalue weighted by molar-refractivity contribution is 6.04. The Hall–Kier alpha value is -3.54. The Balaban J connectivity index is 1.67. The summed E-state index contributed by atoms with van der Waals surface area (Å²) in [5.41, 5.74) is 4.44. The molecule has 1 aromatic carbocycles. The lowest BCUT2D eigenvalue weighted by Crippen LogP contribution is -2.23. The van der Waals surface area contributed by atoms with E-state index in [0.29, 0.717) is 17.8 Å². The van der Waals surface area contributed by atoms with Crippen LogP contribution in [-0.2, 0) is 6.54 Å². The zero-order chi connectivity index (χ0) is 19.2. The van der Waals surface area contributed by atoms with E-state index in [2.05, 4.69) is 20.6 Å². The van der Waals surface area contributed by atoms with Crippen LogP contribution in [0, 0.1) is 13.8 Å². The number of rotatable bonds is 5. The summed E-state index contributed by atoms with van der Waals surface area (Å²) >= 11 is 0. The average molecular weight is 360 g/mol. The maximum Gasteiger partial charge on any atom is 0.274 e. The second kappa shape index (κ2) is 8.23. The number of nitrogens with zero attached hydrogens (tertiary/aromatic N) is 2. The quantitative estimate of drug-likeness (QED) is 0.731. The third-order valence-electron chi connectivity index (χ3n) is 4.22. The first-order valence-corrected chi connectivity index (χ1v) is 8.54. The molecule has 0 radical (unpaired) electrons. The number of amides is 2. The number of carbonyl (C=O) groups is 2. The summed E-state index contributed by atoms with van der Waals surface area (Å²) in [4.78, 5) is 32.8. The molecule has 0 unspecified atom stereocenters. The number of hydrogen-bond donors (Lipinski definition) is 2. The molecule has 3 aromatic rings. The summed E-state index contributed by atoms with van der Waals surface area (Å²) in [6.07, 6.45) is 4.79. The minimum absolute atomic E-state index is 0.185. The molecular formula is C21H20N4O2. The molecule has 0 aliphatic rings. The molecular weight excluding hydrogens is 340 g/mol. The van der Waals surface area contributed by atoms with E-state index in [1.165, 1.54) is 12.3 Å². The van der Waals surface area contributed by atoms with Crippen molar-refractivity contribution in [1.82, 2.24) is 15.3 Å². The summed E-state index contributed by atoms with van der Waals surface area (Å²) in [6, 6.07) is 12.4. The van der Waals surface area contributed by atoms with Gasteiger partial charge in [0.05, 0.1) is 0 Å². The van der Waals surface area contributed by atoms with Crippen LogP contribution < -0.4 is 10.6 Å². The van der Waals surface area contributed by atoms with Crippen LogP contribution in [0.15, 0.2) is 61.1 Å². The van der Waals surface area contributed by atoms with Gasteiger partial charge < -0.3 is 10.6 Å². The molecule has 0 saturated heterocycles. The topological polar surface area (TPSA) is 84.0 Å². The van der Waals surface area contributed by atoms with E-state index < -0.39 is 0 Å². The molecule has 0 spiro atoms. The van der Waals surface area contributed by atoms with Crippen molar-refractivity contribution in [2.45, 2.75) is 20.4 Å². The van der Waals surface area contributed by atoms with Gasteiger partial charge in [-0.1, -0.05) is 6.07 Å². The first kappa shape index (κ1) is 18.3. The van der Waals surface area contributed by atoms with Gasteiger partial charge in [-0.15, -0.1) is 0 Å². The van der Waals surface area contributed by atoms with Crippen molar-refractivity contribution in [2.75, 3.05) is 5.32 Å². The number of aromatic nitrogens is 2. The lowest BCUT2D eigenvalue weighted by molar-refractivity contribution is 0.0950. The SMILES string of the molecule is Cc1ccc(NC(=O)c2cc(C(=O)NCc3ccncc3)ccn2)cc1C. The largest absolute Gasteiger partial charge is 0.348 e. The van der Waals surface area contributed by atoms with Crippen LogP contribution in [0.4, 0.5) is 5.69 Å².